The van der Waals surface area contributed by atoms with Gasteiger partial charge in [-0.15, -0.1) is 0 Å². The van der Waals surface area contributed by atoms with Crippen LogP contribution in [0.3, 0.4) is 0 Å². The number of hydrogen-bond donors (Lipinski definition) is 3. The zero-order chi connectivity index (χ0) is 21.0. The van der Waals surface area contributed by atoms with Gasteiger partial charge in [0.15, 0.2) is 0 Å². The van der Waals surface area contributed by atoms with Crippen molar-refractivity contribution in [3.63, 3.8) is 0 Å². The van der Waals surface area contributed by atoms with Crippen molar-refractivity contribution >= 4 is 23.4 Å². The summed E-state index contributed by atoms with van der Waals surface area (Å²) < 4.78 is 5.15. The molecule has 1 saturated heterocycles. The molecular weight excluding hydrogens is 390 g/mol. The number of H-pyrrole nitrogens is 1. The molecule has 2 aromatic rings. The van der Waals surface area contributed by atoms with E-state index in [4.69, 9.17) is 16.3 Å². The Morgan fingerprint density at radius 3 is 2.38 bits per heavy atom. The lowest BCUT2D eigenvalue weighted by atomic mass is 10.0. The second-order valence-corrected chi connectivity index (χ2v) is 8.19. The number of aryl methyl sites for hydroxylation is 2. The number of halogens is 1. The van der Waals surface area contributed by atoms with Gasteiger partial charge in [-0.05, 0) is 32.9 Å². The van der Waals surface area contributed by atoms with Crippen molar-refractivity contribution in [3.05, 3.63) is 57.4 Å². The smallest absolute Gasteiger partial charge is 0.340 e. The van der Waals surface area contributed by atoms with Crippen LogP contribution in [0.5, 0.6) is 0 Å². The standard InChI is InChI=1S/C22H28ClN3O3/c1-4-29-22(28)21-16(3)24-15(2)20(21)19(27)14-26-10-8-25(9-11-26)13-17-6-5-7-18(23)12-17/h5-7,12,24H,4,8-11,13-14H2,1-3H3/p+2. The highest BCUT2D eigenvalue weighted by Crippen LogP contribution is 2.19. The summed E-state index contributed by atoms with van der Waals surface area (Å²) in [6.45, 7) is 10.9. The van der Waals surface area contributed by atoms with Crippen LogP contribution < -0.4 is 9.80 Å². The van der Waals surface area contributed by atoms with Gasteiger partial charge in [0.2, 0.25) is 5.78 Å². The predicted molar refractivity (Wildman–Crippen MR) is 112 cm³/mol. The number of esters is 1. The van der Waals surface area contributed by atoms with E-state index >= 15 is 0 Å². The minimum atomic E-state index is -0.427. The molecule has 7 heteroatoms. The Morgan fingerprint density at radius 1 is 1.07 bits per heavy atom. The van der Waals surface area contributed by atoms with E-state index in [-0.39, 0.29) is 5.78 Å². The molecule has 0 saturated carbocycles. The number of hydrogen-bond acceptors (Lipinski definition) is 3. The molecule has 1 aromatic heterocycles. The third-order valence-corrected chi connectivity index (χ3v) is 5.79. The third kappa shape index (κ3) is 5.26. The molecular formula is C22H30ClN3O3+2. The molecule has 2 heterocycles. The number of benzene rings is 1. The Balaban J connectivity index is 1.59. The van der Waals surface area contributed by atoms with Gasteiger partial charge in [-0.2, -0.15) is 0 Å². The van der Waals surface area contributed by atoms with E-state index in [0.29, 0.717) is 30.0 Å². The van der Waals surface area contributed by atoms with Gasteiger partial charge in [-0.3, -0.25) is 4.79 Å². The number of ketones is 1. The summed E-state index contributed by atoms with van der Waals surface area (Å²) in [4.78, 5) is 31.2. The van der Waals surface area contributed by atoms with Crippen molar-refractivity contribution < 1.29 is 24.1 Å². The molecule has 1 aliphatic rings. The van der Waals surface area contributed by atoms with Gasteiger partial charge in [0.25, 0.3) is 0 Å². The Hall–Kier alpha value is -2.15. The highest BCUT2D eigenvalue weighted by atomic mass is 35.5. The van der Waals surface area contributed by atoms with Crippen LogP contribution in [0, 0.1) is 13.8 Å². The summed E-state index contributed by atoms with van der Waals surface area (Å²) in [5.74, 6) is -0.424. The molecule has 0 bridgehead atoms. The number of rotatable bonds is 7. The summed E-state index contributed by atoms with van der Waals surface area (Å²) in [6.07, 6.45) is 0. The predicted octanol–water partition coefficient (Wildman–Crippen LogP) is 0.628. The number of aromatic nitrogens is 1. The minimum Gasteiger partial charge on any atom is -0.462 e. The molecule has 0 atom stereocenters. The first kappa shape index (κ1) is 21.6. The van der Waals surface area contributed by atoms with Crippen LogP contribution in [-0.4, -0.2) is 56.1 Å². The average Bonchev–Trinajstić information content (AvgIpc) is 2.97. The fraction of sp³-hybridized carbons (Fsp3) is 0.455. The van der Waals surface area contributed by atoms with Crippen molar-refractivity contribution in [2.24, 2.45) is 0 Å². The Kier molecular flexibility index (Phi) is 7.11. The van der Waals surface area contributed by atoms with Crippen molar-refractivity contribution in [1.29, 1.82) is 0 Å². The van der Waals surface area contributed by atoms with Gasteiger partial charge in [-0.25, -0.2) is 4.79 Å². The third-order valence-electron chi connectivity index (χ3n) is 5.55. The number of aromatic amines is 1. The first-order chi connectivity index (χ1) is 13.9. The molecule has 0 unspecified atom stereocenters. The summed E-state index contributed by atoms with van der Waals surface area (Å²) in [6, 6.07) is 8.00. The quantitative estimate of drug-likeness (QED) is 0.455. The highest BCUT2D eigenvalue weighted by molar-refractivity contribution is 6.30. The van der Waals surface area contributed by atoms with Crippen molar-refractivity contribution in [3.8, 4) is 0 Å². The van der Waals surface area contributed by atoms with Gasteiger partial charge in [0.1, 0.15) is 39.3 Å². The zero-order valence-electron chi connectivity index (χ0n) is 17.4. The summed E-state index contributed by atoms with van der Waals surface area (Å²) in [5.41, 5.74) is 3.54. The van der Waals surface area contributed by atoms with Crippen molar-refractivity contribution in [1.82, 2.24) is 4.98 Å². The Bertz CT molecular complexity index is 885. The van der Waals surface area contributed by atoms with Crippen LogP contribution in [0.1, 0.15) is 44.6 Å². The SMILES string of the molecule is CCOC(=O)c1c(C)[nH]c(C)c1C(=O)C[NH+]1CC[NH+](Cc2cccc(Cl)c2)CC1. The van der Waals surface area contributed by atoms with E-state index in [2.05, 4.69) is 11.1 Å². The first-order valence-electron chi connectivity index (χ1n) is 10.2. The number of carbonyl (C=O) groups is 2. The topological polar surface area (TPSA) is 68.0 Å². The lowest BCUT2D eigenvalue weighted by Gasteiger charge is -2.29. The zero-order valence-corrected chi connectivity index (χ0v) is 18.1. The Labute approximate surface area is 176 Å². The molecule has 1 aromatic carbocycles. The lowest BCUT2D eigenvalue weighted by molar-refractivity contribution is -1.01. The molecule has 3 N–H and O–H groups in total. The minimum absolute atomic E-state index is 0.00296. The molecule has 0 aliphatic carbocycles. The summed E-state index contributed by atoms with van der Waals surface area (Å²) in [5, 5.41) is 0.770. The van der Waals surface area contributed by atoms with Crippen LogP contribution in [0.25, 0.3) is 0 Å². The maximum absolute atomic E-state index is 13.0. The number of ether oxygens (including phenoxy) is 1. The van der Waals surface area contributed by atoms with Crippen LogP contribution in [0.4, 0.5) is 0 Å². The number of quaternary nitrogens is 2. The van der Waals surface area contributed by atoms with E-state index in [1.54, 1.807) is 13.8 Å². The van der Waals surface area contributed by atoms with Gasteiger partial charge < -0.3 is 19.5 Å². The molecule has 1 aliphatic heterocycles. The normalized spacial score (nSPS) is 19.2. The van der Waals surface area contributed by atoms with Crippen LogP contribution in [0.15, 0.2) is 24.3 Å². The number of nitrogens with one attached hydrogen (secondary N) is 3. The van der Waals surface area contributed by atoms with E-state index in [9.17, 15) is 9.59 Å². The molecule has 1 fully saturated rings. The van der Waals surface area contributed by atoms with E-state index in [1.165, 1.54) is 15.4 Å². The van der Waals surface area contributed by atoms with E-state index in [1.807, 2.05) is 25.1 Å². The molecule has 6 nitrogen and oxygen atoms in total. The molecule has 0 amide bonds. The average molecular weight is 420 g/mol. The van der Waals surface area contributed by atoms with E-state index in [0.717, 1.165) is 43.4 Å². The lowest BCUT2D eigenvalue weighted by Crippen LogP contribution is -3.27. The van der Waals surface area contributed by atoms with Gasteiger partial charge >= 0.3 is 5.97 Å². The van der Waals surface area contributed by atoms with Gasteiger partial charge in [-0.1, -0.05) is 23.7 Å². The fourth-order valence-electron chi connectivity index (χ4n) is 4.15. The fourth-order valence-corrected chi connectivity index (χ4v) is 4.36. The highest BCUT2D eigenvalue weighted by Gasteiger charge is 2.30. The maximum Gasteiger partial charge on any atom is 0.340 e. The van der Waals surface area contributed by atoms with Crippen molar-refractivity contribution in [2.45, 2.75) is 27.3 Å². The summed E-state index contributed by atoms with van der Waals surface area (Å²) >= 11 is 6.08. The molecule has 0 spiro atoms. The molecule has 0 radical (unpaired) electrons. The summed E-state index contributed by atoms with van der Waals surface area (Å²) in [7, 11) is 0. The number of carbonyl (C=O) groups excluding carboxylic acids is 2. The number of Topliss-reactive ketones (excluding diaryl/α,β-unsaturated/α-hetero) is 1. The monoisotopic (exact) mass is 419 g/mol. The van der Waals surface area contributed by atoms with Crippen LogP contribution in [0.2, 0.25) is 5.02 Å². The molecule has 29 heavy (non-hydrogen) atoms. The molecule has 3 rings (SSSR count). The van der Waals surface area contributed by atoms with Crippen molar-refractivity contribution in [2.75, 3.05) is 39.3 Å². The second kappa shape index (κ2) is 9.57. The first-order valence-corrected chi connectivity index (χ1v) is 10.6. The van der Waals surface area contributed by atoms with Crippen LogP contribution in [-0.2, 0) is 11.3 Å². The maximum atomic E-state index is 13.0. The molecule has 156 valence electrons. The van der Waals surface area contributed by atoms with E-state index < -0.39 is 5.97 Å². The largest absolute Gasteiger partial charge is 0.462 e. The van der Waals surface area contributed by atoms with Gasteiger partial charge in [0.05, 0.1) is 17.7 Å². The van der Waals surface area contributed by atoms with Gasteiger partial charge in [0, 0.05) is 22.0 Å². The number of piperazine rings is 1. The Morgan fingerprint density at radius 2 is 1.72 bits per heavy atom. The second-order valence-electron chi connectivity index (χ2n) is 7.75. The van der Waals surface area contributed by atoms with Crippen LogP contribution >= 0.6 is 11.6 Å².